The van der Waals surface area contributed by atoms with Crippen LogP contribution in [0.25, 0.3) is 0 Å². The van der Waals surface area contributed by atoms with E-state index in [2.05, 4.69) is 11.4 Å². The number of benzene rings is 1. The second-order valence-electron chi connectivity index (χ2n) is 5.75. The van der Waals surface area contributed by atoms with Gasteiger partial charge in [0.05, 0.1) is 18.6 Å². The van der Waals surface area contributed by atoms with Crippen molar-refractivity contribution in [3.63, 3.8) is 0 Å². The SMILES string of the molecule is COc1cc(C2CCNCC2)ccc1OC1CS(=O)(=O)C1. The van der Waals surface area contributed by atoms with Gasteiger partial charge in [0.2, 0.25) is 0 Å². The van der Waals surface area contributed by atoms with Gasteiger partial charge in [-0.2, -0.15) is 0 Å². The summed E-state index contributed by atoms with van der Waals surface area (Å²) in [5.74, 6) is 2.09. The molecule has 0 amide bonds. The third kappa shape index (κ3) is 3.32. The van der Waals surface area contributed by atoms with Gasteiger partial charge in [-0.25, -0.2) is 8.42 Å². The van der Waals surface area contributed by atoms with E-state index in [1.54, 1.807) is 7.11 Å². The molecule has 6 heteroatoms. The average molecular weight is 311 g/mol. The first-order valence-corrected chi connectivity index (χ1v) is 9.15. The van der Waals surface area contributed by atoms with Crippen LogP contribution < -0.4 is 14.8 Å². The van der Waals surface area contributed by atoms with Gasteiger partial charge < -0.3 is 14.8 Å². The van der Waals surface area contributed by atoms with Gasteiger partial charge in [0, 0.05) is 0 Å². The van der Waals surface area contributed by atoms with Crippen molar-refractivity contribution < 1.29 is 17.9 Å². The fraction of sp³-hybridized carbons (Fsp3) is 0.600. The van der Waals surface area contributed by atoms with E-state index < -0.39 is 9.84 Å². The highest BCUT2D eigenvalue weighted by atomic mass is 32.2. The smallest absolute Gasteiger partial charge is 0.161 e. The largest absolute Gasteiger partial charge is 0.493 e. The molecule has 0 saturated carbocycles. The minimum Gasteiger partial charge on any atom is -0.493 e. The van der Waals surface area contributed by atoms with Crippen LogP contribution in [0.1, 0.15) is 24.3 Å². The Balaban J connectivity index is 1.72. The van der Waals surface area contributed by atoms with Crippen LogP contribution in [0.2, 0.25) is 0 Å². The molecule has 3 rings (SSSR count). The molecule has 1 N–H and O–H groups in total. The summed E-state index contributed by atoms with van der Waals surface area (Å²) in [6, 6.07) is 6.00. The topological polar surface area (TPSA) is 64.6 Å². The highest BCUT2D eigenvalue weighted by molar-refractivity contribution is 7.92. The first-order valence-electron chi connectivity index (χ1n) is 7.33. The molecule has 21 heavy (non-hydrogen) atoms. The van der Waals surface area contributed by atoms with Crippen molar-refractivity contribution >= 4 is 9.84 Å². The van der Waals surface area contributed by atoms with E-state index in [0.29, 0.717) is 17.4 Å². The third-order valence-corrected chi connectivity index (χ3v) is 5.93. The molecule has 1 aromatic rings. The lowest BCUT2D eigenvalue weighted by Gasteiger charge is -2.28. The van der Waals surface area contributed by atoms with Crippen molar-refractivity contribution in [3.8, 4) is 11.5 Å². The van der Waals surface area contributed by atoms with E-state index in [9.17, 15) is 8.42 Å². The summed E-state index contributed by atoms with van der Waals surface area (Å²) in [4.78, 5) is 0. The minimum absolute atomic E-state index is 0.103. The Hall–Kier alpha value is -1.27. The maximum absolute atomic E-state index is 11.2. The maximum Gasteiger partial charge on any atom is 0.161 e. The lowest BCUT2D eigenvalue weighted by Crippen LogP contribution is -2.45. The van der Waals surface area contributed by atoms with Gasteiger partial charge in [-0.1, -0.05) is 6.07 Å². The van der Waals surface area contributed by atoms with Crippen LogP contribution in [0.5, 0.6) is 11.5 Å². The zero-order valence-electron chi connectivity index (χ0n) is 12.2. The Labute approximate surface area is 125 Å². The summed E-state index contributed by atoms with van der Waals surface area (Å²) in [5.41, 5.74) is 1.27. The van der Waals surface area contributed by atoms with Crippen LogP contribution in [-0.2, 0) is 9.84 Å². The molecule has 0 atom stereocenters. The predicted molar refractivity (Wildman–Crippen MR) is 80.9 cm³/mol. The molecule has 0 bridgehead atoms. The van der Waals surface area contributed by atoms with E-state index in [1.165, 1.54) is 5.56 Å². The molecule has 0 aliphatic carbocycles. The summed E-state index contributed by atoms with van der Waals surface area (Å²) < 4.78 is 33.5. The van der Waals surface area contributed by atoms with Gasteiger partial charge in [0.25, 0.3) is 0 Å². The van der Waals surface area contributed by atoms with E-state index in [-0.39, 0.29) is 17.6 Å². The van der Waals surface area contributed by atoms with E-state index in [4.69, 9.17) is 9.47 Å². The van der Waals surface area contributed by atoms with Gasteiger partial charge in [-0.3, -0.25) is 0 Å². The number of hydrogen-bond donors (Lipinski definition) is 1. The molecule has 2 heterocycles. The molecule has 5 nitrogen and oxygen atoms in total. The second-order valence-corrected chi connectivity index (χ2v) is 7.91. The number of sulfone groups is 1. The Morgan fingerprint density at radius 3 is 2.48 bits per heavy atom. The number of nitrogens with one attached hydrogen (secondary N) is 1. The van der Waals surface area contributed by atoms with Gasteiger partial charge in [-0.05, 0) is 49.5 Å². The average Bonchev–Trinajstić information content (AvgIpc) is 2.46. The molecular formula is C15H21NO4S. The maximum atomic E-state index is 11.2. The third-order valence-electron chi connectivity index (χ3n) is 4.17. The Morgan fingerprint density at radius 2 is 1.86 bits per heavy atom. The zero-order chi connectivity index (χ0) is 14.9. The highest BCUT2D eigenvalue weighted by Crippen LogP contribution is 2.35. The number of hydrogen-bond acceptors (Lipinski definition) is 5. The first kappa shape index (κ1) is 14.7. The van der Waals surface area contributed by atoms with E-state index in [0.717, 1.165) is 25.9 Å². The molecule has 116 valence electrons. The van der Waals surface area contributed by atoms with Gasteiger partial charge in [-0.15, -0.1) is 0 Å². The fourth-order valence-corrected chi connectivity index (χ4v) is 4.13. The molecule has 2 aliphatic rings. The van der Waals surface area contributed by atoms with Crippen molar-refractivity contribution in [2.45, 2.75) is 24.9 Å². The summed E-state index contributed by atoms with van der Waals surface area (Å²) in [6.07, 6.45) is 2.02. The number of piperidine rings is 1. The molecule has 1 aromatic carbocycles. The van der Waals surface area contributed by atoms with Crippen molar-refractivity contribution in [1.29, 1.82) is 0 Å². The Bertz CT molecular complexity index is 596. The van der Waals surface area contributed by atoms with E-state index in [1.807, 2.05) is 12.1 Å². The number of methoxy groups -OCH3 is 1. The van der Waals surface area contributed by atoms with Gasteiger partial charge in [0.15, 0.2) is 21.3 Å². The van der Waals surface area contributed by atoms with Crippen LogP contribution in [0.3, 0.4) is 0 Å². The van der Waals surface area contributed by atoms with E-state index >= 15 is 0 Å². The number of ether oxygens (including phenoxy) is 2. The lowest BCUT2D eigenvalue weighted by molar-refractivity contribution is 0.219. The van der Waals surface area contributed by atoms with Crippen LogP contribution >= 0.6 is 0 Å². The summed E-state index contributed by atoms with van der Waals surface area (Å²) in [6.45, 7) is 2.09. The Kier molecular flexibility index (Phi) is 4.08. The first-order chi connectivity index (χ1) is 10.1. The summed E-state index contributed by atoms with van der Waals surface area (Å²) in [7, 11) is -1.25. The standard InChI is InChI=1S/C15H21NO4S/c1-19-15-8-12(11-4-6-16-7-5-11)2-3-14(15)20-13-9-21(17,18)10-13/h2-3,8,11,13,16H,4-7,9-10H2,1H3. The Morgan fingerprint density at radius 1 is 1.14 bits per heavy atom. The second kappa shape index (κ2) is 5.85. The van der Waals surface area contributed by atoms with Gasteiger partial charge >= 0.3 is 0 Å². The zero-order valence-corrected chi connectivity index (χ0v) is 13.0. The molecular weight excluding hydrogens is 290 g/mol. The van der Waals surface area contributed by atoms with Crippen molar-refractivity contribution in [1.82, 2.24) is 5.32 Å². The molecule has 2 aliphatic heterocycles. The minimum atomic E-state index is -2.87. The predicted octanol–water partition coefficient (Wildman–Crippen LogP) is 1.34. The van der Waals surface area contributed by atoms with Crippen molar-refractivity contribution in [2.75, 3.05) is 31.7 Å². The molecule has 2 saturated heterocycles. The molecule has 0 radical (unpaired) electrons. The van der Waals surface area contributed by atoms with Crippen molar-refractivity contribution in [2.24, 2.45) is 0 Å². The quantitative estimate of drug-likeness (QED) is 0.909. The van der Waals surface area contributed by atoms with Crippen molar-refractivity contribution in [3.05, 3.63) is 23.8 Å². The number of rotatable bonds is 4. The van der Waals surface area contributed by atoms with Gasteiger partial charge in [0.1, 0.15) is 6.10 Å². The van der Waals surface area contributed by atoms with Crippen LogP contribution in [-0.4, -0.2) is 46.2 Å². The van der Waals surface area contributed by atoms with Crippen LogP contribution in [0, 0.1) is 0 Å². The molecule has 0 spiro atoms. The molecule has 0 aromatic heterocycles. The highest BCUT2D eigenvalue weighted by Gasteiger charge is 2.35. The lowest BCUT2D eigenvalue weighted by atomic mass is 9.90. The summed E-state index contributed by atoms with van der Waals surface area (Å²) >= 11 is 0. The van der Waals surface area contributed by atoms with Crippen LogP contribution in [0.4, 0.5) is 0 Å². The summed E-state index contributed by atoms with van der Waals surface area (Å²) in [5, 5.41) is 3.36. The normalized spacial score (nSPS) is 22.5. The molecule has 0 unspecified atom stereocenters. The monoisotopic (exact) mass is 311 g/mol. The van der Waals surface area contributed by atoms with Crippen LogP contribution in [0.15, 0.2) is 18.2 Å². The fourth-order valence-electron chi connectivity index (χ4n) is 2.96. The molecule has 2 fully saturated rings.